The van der Waals surface area contributed by atoms with Gasteiger partial charge in [0.25, 0.3) is 0 Å². The van der Waals surface area contributed by atoms with Crippen LogP contribution in [0, 0.1) is 0 Å². The number of anilines is 3. The van der Waals surface area contributed by atoms with Gasteiger partial charge in [0.05, 0.1) is 12.7 Å². The van der Waals surface area contributed by atoms with Crippen LogP contribution in [0.1, 0.15) is 33.6 Å². The van der Waals surface area contributed by atoms with Crippen LogP contribution in [0.5, 0.6) is 0 Å². The van der Waals surface area contributed by atoms with Crippen LogP contribution in [0.25, 0.3) is 0 Å². The molecule has 0 spiro atoms. The van der Waals surface area contributed by atoms with Crippen molar-refractivity contribution in [3.63, 3.8) is 0 Å². The predicted molar refractivity (Wildman–Crippen MR) is 106 cm³/mol. The van der Waals surface area contributed by atoms with Gasteiger partial charge in [0.2, 0.25) is 5.95 Å². The van der Waals surface area contributed by atoms with Crippen LogP contribution in [0.15, 0.2) is 35.7 Å². The lowest BCUT2D eigenvalue weighted by molar-refractivity contribution is -0.106. The quantitative estimate of drug-likeness (QED) is 0.480. The van der Waals surface area contributed by atoms with E-state index in [4.69, 9.17) is 0 Å². The SMILES string of the molecule is CCCC=Nc1nc(N(CC)CC)ncc1N(CC=O)c1ccncc1. The molecule has 138 valence electrons. The molecule has 0 aliphatic carbocycles. The molecule has 0 aliphatic heterocycles. The van der Waals surface area contributed by atoms with E-state index < -0.39 is 0 Å². The summed E-state index contributed by atoms with van der Waals surface area (Å²) in [5, 5.41) is 0. The largest absolute Gasteiger partial charge is 0.341 e. The van der Waals surface area contributed by atoms with E-state index in [1.165, 1.54) is 0 Å². The van der Waals surface area contributed by atoms with Crippen molar-refractivity contribution in [3.8, 4) is 0 Å². The highest BCUT2D eigenvalue weighted by Gasteiger charge is 2.17. The van der Waals surface area contributed by atoms with Gasteiger partial charge >= 0.3 is 0 Å². The molecule has 0 N–H and O–H groups in total. The first-order valence-corrected chi connectivity index (χ1v) is 9.00. The zero-order valence-electron chi connectivity index (χ0n) is 15.7. The van der Waals surface area contributed by atoms with Gasteiger partial charge in [-0.3, -0.25) is 4.98 Å². The highest BCUT2D eigenvalue weighted by atomic mass is 16.1. The van der Waals surface area contributed by atoms with Gasteiger partial charge in [-0.05, 0) is 32.4 Å². The number of pyridine rings is 1. The van der Waals surface area contributed by atoms with Crippen molar-refractivity contribution >= 4 is 35.6 Å². The molecule has 2 rings (SSSR count). The van der Waals surface area contributed by atoms with E-state index in [2.05, 4.69) is 45.6 Å². The van der Waals surface area contributed by atoms with Crippen molar-refractivity contribution in [1.29, 1.82) is 0 Å². The van der Waals surface area contributed by atoms with E-state index in [0.29, 0.717) is 17.5 Å². The lowest BCUT2D eigenvalue weighted by atomic mass is 10.3. The van der Waals surface area contributed by atoms with Crippen LogP contribution in [0.2, 0.25) is 0 Å². The fraction of sp³-hybridized carbons (Fsp3) is 0.421. The first kappa shape index (κ1) is 19.5. The Balaban J connectivity index is 2.51. The van der Waals surface area contributed by atoms with Crippen molar-refractivity contribution in [1.82, 2.24) is 15.0 Å². The molecule has 0 saturated carbocycles. The second-order valence-corrected chi connectivity index (χ2v) is 5.63. The lowest BCUT2D eigenvalue weighted by Crippen LogP contribution is -2.25. The van der Waals surface area contributed by atoms with Gasteiger partial charge in [-0.25, -0.2) is 9.98 Å². The Morgan fingerprint density at radius 3 is 2.50 bits per heavy atom. The third kappa shape index (κ3) is 4.84. The standard InChI is InChI=1S/C19H26N6O/c1-4-7-10-21-18-17(15-22-19(23-18)24(5-2)6-3)25(13-14-26)16-8-11-20-12-9-16/h8-12,14-15H,4-7,13H2,1-3H3. The summed E-state index contributed by atoms with van der Waals surface area (Å²) in [6.45, 7) is 8.05. The average molecular weight is 354 g/mol. The summed E-state index contributed by atoms with van der Waals surface area (Å²) in [6.07, 6.45) is 9.73. The number of carbonyl (C=O) groups excluding carboxylic acids is 1. The van der Waals surface area contributed by atoms with E-state index in [1.54, 1.807) is 18.6 Å². The first-order valence-electron chi connectivity index (χ1n) is 9.00. The minimum Gasteiger partial charge on any atom is -0.341 e. The highest BCUT2D eigenvalue weighted by molar-refractivity contribution is 5.78. The van der Waals surface area contributed by atoms with E-state index in [-0.39, 0.29) is 6.54 Å². The molecule has 0 unspecified atom stereocenters. The van der Waals surface area contributed by atoms with Crippen molar-refractivity contribution in [3.05, 3.63) is 30.7 Å². The molecule has 0 amide bonds. The molecular weight excluding hydrogens is 328 g/mol. The topological polar surface area (TPSA) is 74.6 Å². The van der Waals surface area contributed by atoms with Crippen molar-refractivity contribution in [2.45, 2.75) is 33.6 Å². The number of aromatic nitrogens is 3. The van der Waals surface area contributed by atoms with Crippen LogP contribution < -0.4 is 9.80 Å². The predicted octanol–water partition coefficient (Wildman–Crippen LogP) is 3.56. The van der Waals surface area contributed by atoms with E-state index in [0.717, 1.165) is 37.9 Å². The van der Waals surface area contributed by atoms with Crippen molar-refractivity contribution in [2.24, 2.45) is 4.99 Å². The maximum absolute atomic E-state index is 11.3. The number of hydrogen-bond donors (Lipinski definition) is 0. The smallest absolute Gasteiger partial charge is 0.227 e. The van der Waals surface area contributed by atoms with Gasteiger partial charge in [-0.1, -0.05) is 13.3 Å². The number of carbonyl (C=O) groups is 1. The summed E-state index contributed by atoms with van der Waals surface area (Å²) in [6, 6.07) is 3.70. The molecule has 0 bridgehead atoms. The highest BCUT2D eigenvalue weighted by Crippen LogP contribution is 2.32. The Bertz CT molecular complexity index is 715. The molecule has 0 aromatic carbocycles. The fourth-order valence-electron chi connectivity index (χ4n) is 2.52. The van der Waals surface area contributed by atoms with E-state index in [9.17, 15) is 4.79 Å². The summed E-state index contributed by atoms with van der Waals surface area (Å²) in [5.74, 6) is 1.21. The Hall–Kier alpha value is -2.83. The van der Waals surface area contributed by atoms with Gasteiger partial charge in [0.15, 0.2) is 5.82 Å². The van der Waals surface area contributed by atoms with Crippen LogP contribution >= 0.6 is 0 Å². The third-order valence-electron chi connectivity index (χ3n) is 3.94. The second kappa shape index (κ2) is 10.2. The van der Waals surface area contributed by atoms with Crippen LogP contribution in [0.4, 0.5) is 23.1 Å². The molecule has 2 aromatic rings. The fourth-order valence-corrected chi connectivity index (χ4v) is 2.52. The van der Waals surface area contributed by atoms with Gasteiger partial charge in [-0.15, -0.1) is 0 Å². The summed E-state index contributed by atoms with van der Waals surface area (Å²) < 4.78 is 0. The normalized spacial score (nSPS) is 10.9. The Labute approximate surface area is 154 Å². The minimum atomic E-state index is 0.189. The Morgan fingerprint density at radius 2 is 1.88 bits per heavy atom. The van der Waals surface area contributed by atoms with Crippen LogP contribution in [-0.2, 0) is 4.79 Å². The minimum absolute atomic E-state index is 0.189. The molecule has 0 radical (unpaired) electrons. The Kier molecular flexibility index (Phi) is 7.67. The van der Waals surface area contributed by atoms with Crippen molar-refractivity contribution in [2.75, 3.05) is 29.4 Å². The number of aliphatic imine (C=N–C) groups is 1. The van der Waals surface area contributed by atoms with Crippen molar-refractivity contribution < 1.29 is 4.79 Å². The number of rotatable bonds is 10. The molecule has 0 fully saturated rings. The van der Waals surface area contributed by atoms with E-state index >= 15 is 0 Å². The Morgan fingerprint density at radius 1 is 1.15 bits per heavy atom. The zero-order valence-corrected chi connectivity index (χ0v) is 15.7. The van der Waals surface area contributed by atoms with E-state index in [1.807, 2.05) is 23.2 Å². The number of aldehydes is 1. The maximum Gasteiger partial charge on any atom is 0.227 e. The first-order chi connectivity index (χ1) is 12.7. The molecule has 0 aliphatic rings. The van der Waals surface area contributed by atoms with Gasteiger partial charge in [0, 0.05) is 37.4 Å². The molecular formula is C19H26N6O. The average Bonchev–Trinajstić information content (AvgIpc) is 2.68. The third-order valence-corrected chi connectivity index (χ3v) is 3.94. The number of nitrogens with zero attached hydrogens (tertiary/aromatic N) is 6. The summed E-state index contributed by atoms with van der Waals surface area (Å²) in [7, 11) is 0. The molecule has 0 atom stereocenters. The lowest BCUT2D eigenvalue weighted by Gasteiger charge is -2.25. The van der Waals surface area contributed by atoms with Crippen LogP contribution in [0.3, 0.4) is 0 Å². The number of unbranched alkanes of at least 4 members (excludes halogenated alkanes) is 1. The second-order valence-electron chi connectivity index (χ2n) is 5.63. The molecule has 26 heavy (non-hydrogen) atoms. The summed E-state index contributed by atoms with van der Waals surface area (Å²) in [4.78, 5) is 32.9. The monoisotopic (exact) mass is 354 g/mol. The van der Waals surface area contributed by atoms with Gasteiger partial charge < -0.3 is 14.6 Å². The van der Waals surface area contributed by atoms with Crippen LogP contribution in [-0.4, -0.2) is 47.1 Å². The molecule has 7 nitrogen and oxygen atoms in total. The maximum atomic E-state index is 11.3. The molecule has 2 heterocycles. The van der Waals surface area contributed by atoms with Gasteiger partial charge in [0.1, 0.15) is 12.0 Å². The number of hydrogen-bond acceptors (Lipinski definition) is 7. The zero-order chi connectivity index (χ0) is 18.8. The molecule has 2 aromatic heterocycles. The summed E-state index contributed by atoms with van der Waals surface area (Å²) >= 11 is 0. The van der Waals surface area contributed by atoms with Gasteiger partial charge in [-0.2, -0.15) is 4.98 Å². The molecule has 0 saturated heterocycles. The summed E-state index contributed by atoms with van der Waals surface area (Å²) in [5.41, 5.74) is 1.55. The molecule has 7 heteroatoms.